The van der Waals surface area contributed by atoms with Gasteiger partial charge in [-0.1, -0.05) is 32.9 Å². The minimum absolute atomic E-state index is 0.113. The highest BCUT2D eigenvalue weighted by Crippen LogP contribution is 2.44. The van der Waals surface area contributed by atoms with E-state index in [0.29, 0.717) is 41.9 Å². The van der Waals surface area contributed by atoms with Crippen molar-refractivity contribution in [3.63, 3.8) is 0 Å². The summed E-state index contributed by atoms with van der Waals surface area (Å²) in [7, 11) is 1.56. The molecule has 0 saturated carbocycles. The van der Waals surface area contributed by atoms with Gasteiger partial charge in [-0.3, -0.25) is 9.59 Å². The maximum absolute atomic E-state index is 13.2. The average Bonchev–Trinajstić information content (AvgIpc) is 2.69. The number of fused-ring (bicyclic) bond motifs is 1. The molecule has 0 radical (unpaired) electrons. The quantitative estimate of drug-likeness (QED) is 0.832. The van der Waals surface area contributed by atoms with Crippen LogP contribution in [0, 0.1) is 0 Å². The van der Waals surface area contributed by atoms with Crippen LogP contribution in [0.25, 0.3) is 17.1 Å². The summed E-state index contributed by atoms with van der Waals surface area (Å²) in [4.78, 5) is 26.1. The maximum Gasteiger partial charge on any atom is 0.196 e. The molecule has 5 nitrogen and oxygen atoms in total. The molecule has 1 aromatic heterocycles. The van der Waals surface area contributed by atoms with E-state index in [-0.39, 0.29) is 28.3 Å². The highest BCUT2D eigenvalue weighted by Gasteiger charge is 2.48. The van der Waals surface area contributed by atoms with E-state index in [9.17, 15) is 14.7 Å². The summed E-state index contributed by atoms with van der Waals surface area (Å²) in [5.41, 5.74) is -0.209. The van der Waals surface area contributed by atoms with Gasteiger partial charge in [-0.05, 0) is 31.4 Å². The van der Waals surface area contributed by atoms with Crippen molar-refractivity contribution in [1.82, 2.24) is 0 Å². The zero-order valence-corrected chi connectivity index (χ0v) is 16.1. The number of ether oxygens (including phenoxy) is 1. The van der Waals surface area contributed by atoms with Crippen molar-refractivity contribution in [2.75, 3.05) is 7.11 Å². The standard InChI is InChI=1S/C22H24O5/c1-5-15-19(24)18-16(23)12-17(13-9-8-10-14(11-13)26-4)27-21(18)22(6-2,7-3)20(15)25/h8-12,24H,5-7H2,1-4H3. The smallest absolute Gasteiger partial charge is 0.196 e. The molecule has 5 heteroatoms. The third-order valence-corrected chi connectivity index (χ3v) is 5.53. The Kier molecular flexibility index (Phi) is 4.96. The largest absolute Gasteiger partial charge is 0.507 e. The number of aliphatic hydroxyl groups excluding tert-OH is 1. The SMILES string of the molecule is CCC1=C(O)c2c(oc(-c3cccc(OC)c3)cc2=O)C(CC)(CC)C1=O. The first kappa shape index (κ1) is 19.0. The van der Waals surface area contributed by atoms with E-state index in [2.05, 4.69) is 0 Å². The monoisotopic (exact) mass is 368 g/mol. The van der Waals surface area contributed by atoms with Crippen molar-refractivity contribution in [3.05, 3.63) is 57.5 Å². The average molecular weight is 368 g/mol. The molecule has 1 aliphatic carbocycles. The number of methoxy groups -OCH3 is 1. The summed E-state index contributed by atoms with van der Waals surface area (Å²) in [5, 5.41) is 10.6. The highest BCUT2D eigenvalue weighted by molar-refractivity contribution is 6.10. The Balaban J connectivity index is 2.35. The van der Waals surface area contributed by atoms with Crippen molar-refractivity contribution >= 4 is 11.5 Å². The lowest BCUT2D eigenvalue weighted by atomic mass is 9.68. The normalized spacial score (nSPS) is 15.6. The summed E-state index contributed by atoms with van der Waals surface area (Å²) in [6.07, 6.45) is 1.33. The van der Waals surface area contributed by atoms with Gasteiger partial charge in [0.25, 0.3) is 0 Å². The molecule has 1 N–H and O–H groups in total. The summed E-state index contributed by atoms with van der Waals surface area (Å²) in [6, 6.07) is 8.54. The van der Waals surface area contributed by atoms with Crippen molar-refractivity contribution in [1.29, 1.82) is 0 Å². The molecule has 0 bridgehead atoms. The fraction of sp³-hybridized carbons (Fsp3) is 0.364. The van der Waals surface area contributed by atoms with E-state index < -0.39 is 5.41 Å². The second-order valence-electron chi connectivity index (χ2n) is 6.71. The second-order valence-corrected chi connectivity index (χ2v) is 6.71. The van der Waals surface area contributed by atoms with E-state index in [0.717, 1.165) is 0 Å². The second kappa shape index (κ2) is 7.06. The predicted octanol–water partition coefficient (Wildman–Crippen LogP) is 4.64. The van der Waals surface area contributed by atoms with Crippen LogP contribution < -0.4 is 10.2 Å². The Morgan fingerprint density at radius 2 is 1.81 bits per heavy atom. The van der Waals surface area contributed by atoms with Crippen molar-refractivity contribution in [3.8, 4) is 17.1 Å². The highest BCUT2D eigenvalue weighted by atomic mass is 16.5. The van der Waals surface area contributed by atoms with E-state index in [1.165, 1.54) is 6.07 Å². The number of hydrogen-bond donors (Lipinski definition) is 1. The number of rotatable bonds is 5. The Hall–Kier alpha value is -2.82. The predicted molar refractivity (Wildman–Crippen MR) is 104 cm³/mol. The molecule has 1 heterocycles. The number of benzene rings is 1. The van der Waals surface area contributed by atoms with Crippen LogP contribution in [0.3, 0.4) is 0 Å². The minimum atomic E-state index is -0.944. The summed E-state index contributed by atoms with van der Waals surface area (Å²) < 4.78 is 11.4. The molecule has 0 aliphatic heterocycles. The molecule has 0 amide bonds. The molecule has 1 aliphatic rings. The molecule has 0 spiro atoms. The first-order chi connectivity index (χ1) is 12.9. The molecular weight excluding hydrogens is 344 g/mol. The Morgan fingerprint density at radius 1 is 1.11 bits per heavy atom. The van der Waals surface area contributed by atoms with Gasteiger partial charge in [0.15, 0.2) is 11.2 Å². The van der Waals surface area contributed by atoms with Gasteiger partial charge >= 0.3 is 0 Å². The van der Waals surface area contributed by atoms with E-state index in [1.807, 2.05) is 19.9 Å². The van der Waals surface area contributed by atoms with Crippen LogP contribution in [0.15, 0.2) is 45.1 Å². The molecule has 142 valence electrons. The molecule has 0 atom stereocenters. The van der Waals surface area contributed by atoms with Crippen LogP contribution in [0.2, 0.25) is 0 Å². The van der Waals surface area contributed by atoms with E-state index >= 15 is 0 Å². The van der Waals surface area contributed by atoms with Gasteiger partial charge < -0.3 is 14.3 Å². The molecule has 0 unspecified atom stereocenters. The van der Waals surface area contributed by atoms with Crippen LogP contribution >= 0.6 is 0 Å². The Labute approximate surface area is 158 Å². The summed E-state index contributed by atoms with van der Waals surface area (Å²) in [5.74, 6) is 0.839. The Morgan fingerprint density at radius 3 is 2.41 bits per heavy atom. The van der Waals surface area contributed by atoms with Crippen molar-refractivity contribution in [2.45, 2.75) is 45.4 Å². The number of carbonyl (C=O) groups excluding carboxylic acids is 1. The zero-order chi connectivity index (χ0) is 19.8. The first-order valence-electron chi connectivity index (χ1n) is 9.23. The Bertz CT molecular complexity index is 976. The van der Waals surface area contributed by atoms with Gasteiger partial charge in [-0.25, -0.2) is 0 Å². The van der Waals surface area contributed by atoms with E-state index in [1.54, 1.807) is 32.2 Å². The fourth-order valence-electron chi connectivity index (χ4n) is 3.84. The third-order valence-electron chi connectivity index (χ3n) is 5.53. The van der Waals surface area contributed by atoms with Gasteiger partial charge in [0.1, 0.15) is 28.6 Å². The van der Waals surface area contributed by atoms with Gasteiger partial charge in [-0.2, -0.15) is 0 Å². The topological polar surface area (TPSA) is 76.7 Å². The van der Waals surface area contributed by atoms with Gasteiger partial charge in [0.2, 0.25) is 0 Å². The number of carbonyl (C=O) groups is 1. The first-order valence-corrected chi connectivity index (χ1v) is 9.23. The van der Waals surface area contributed by atoms with Crippen molar-refractivity contribution in [2.24, 2.45) is 0 Å². The van der Waals surface area contributed by atoms with Gasteiger partial charge in [-0.15, -0.1) is 0 Å². The number of ketones is 1. The fourth-order valence-corrected chi connectivity index (χ4v) is 3.84. The number of allylic oxidation sites excluding steroid dienone is 1. The summed E-state index contributed by atoms with van der Waals surface area (Å²) in [6.45, 7) is 5.61. The van der Waals surface area contributed by atoms with Crippen LogP contribution in [0.1, 0.15) is 51.4 Å². The summed E-state index contributed by atoms with van der Waals surface area (Å²) >= 11 is 0. The van der Waals surface area contributed by atoms with Crippen LogP contribution in [-0.4, -0.2) is 18.0 Å². The van der Waals surface area contributed by atoms with Crippen LogP contribution in [0.5, 0.6) is 5.75 Å². The lowest BCUT2D eigenvalue weighted by molar-refractivity contribution is -0.122. The number of hydrogen-bond acceptors (Lipinski definition) is 5. The minimum Gasteiger partial charge on any atom is -0.507 e. The van der Waals surface area contributed by atoms with Crippen LogP contribution in [0.4, 0.5) is 0 Å². The molecule has 0 fully saturated rings. The number of Topliss-reactive ketones (excluding diaryl/α,β-unsaturated/α-hetero) is 1. The molecule has 1 aromatic carbocycles. The lowest BCUT2D eigenvalue weighted by Gasteiger charge is -2.35. The van der Waals surface area contributed by atoms with Crippen LogP contribution in [-0.2, 0) is 10.2 Å². The van der Waals surface area contributed by atoms with E-state index in [4.69, 9.17) is 9.15 Å². The van der Waals surface area contributed by atoms with Gasteiger partial charge in [0.05, 0.1) is 12.5 Å². The third kappa shape index (κ3) is 2.78. The lowest BCUT2D eigenvalue weighted by Crippen LogP contribution is -2.41. The molecule has 0 saturated heterocycles. The zero-order valence-electron chi connectivity index (χ0n) is 16.1. The maximum atomic E-state index is 13.2. The molecular formula is C22H24O5. The molecule has 27 heavy (non-hydrogen) atoms. The van der Waals surface area contributed by atoms with Gasteiger partial charge in [0, 0.05) is 17.2 Å². The number of aliphatic hydroxyl groups is 1. The molecule has 3 rings (SSSR count). The van der Waals surface area contributed by atoms with Crippen molar-refractivity contribution < 1.29 is 19.1 Å². The molecule has 2 aromatic rings.